The van der Waals surface area contributed by atoms with E-state index in [2.05, 4.69) is 16.0 Å². The number of hydrogen-bond acceptors (Lipinski definition) is 8. The fraction of sp³-hybridized carbons (Fsp3) is 0.478. The Bertz CT molecular complexity index is 962. The number of carboxylic acids is 2. The first-order valence-electron chi connectivity index (χ1n) is 11.4. The van der Waals surface area contributed by atoms with E-state index >= 15 is 0 Å². The third-order valence-electron chi connectivity index (χ3n) is 5.18. The van der Waals surface area contributed by atoms with E-state index in [4.69, 9.17) is 16.6 Å². The van der Waals surface area contributed by atoms with E-state index in [-0.39, 0.29) is 12.8 Å². The van der Waals surface area contributed by atoms with Crippen molar-refractivity contribution < 1.29 is 39.0 Å². The summed E-state index contributed by atoms with van der Waals surface area (Å²) in [7, 11) is 0. The zero-order valence-electron chi connectivity index (χ0n) is 20.3. The molecule has 0 spiro atoms. The van der Waals surface area contributed by atoms with E-state index < -0.39 is 79.0 Å². The minimum Gasteiger partial charge on any atom is -0.481 e. The lowest BCUT2D eigenvalue weighted by molar-refractivity contribution is -0.143. The van der Waals surface area contributed by atoms with E-state index in [9.17, 15) is 33.9 Å². The maximum absolute atomic E-state index is 13.0. The molecule has 9 N–H and O–H groups in total. The number of rotatable bonds is 17. The van der Waals surface area contributed by atoms with Gasteiger partial charge in [-0.3, -0.25) is 24.0 Å². The van der Waals surface area contributed by atoms with E-state index in [1.165, 1.54) is 11.8 Å². The molecule has 0 aliphatic carbocycles. The second-order valence-corrected chi connectivity index (χ2v) is 9.19. The largest absolute Gasteiger partial charge is 0.481 e. The standard InChI is InChI=1S/C23H33N5O8S/c1-37-10-9-15(26-20(32)14(24)11-13-5-3-2-4-6-13)21(33)28-17(12-18(25)29)22(34)27-16(23(35)36)7-8-19(30)31/h2-6,14-17H,7-12,24H2,1H3,(H2,25,29)(H,26,32)(H,27,34)(H,28,33)(H,30,31)(H,35,36). The van der Waals surface area contributed by atoms with Crippen LogP contribution in [0.2, 0.25) is 0 Å². The van der Waals surface area contributed by atoms with Crippen molar-refractivity contribution in [1.82, 2.24) is 16.0 Å². The van der Waals surface area contributed by atoms with Crippen molar-refractivity contribution in [2.45, 2.75) is 56.3 Å². The van der Waals surface area contributed by atoms with Crippen molar-refractivity contribution in [2.75, 3.05) is 12.0 Å². The second kappa shape index (κ2) is 16.2. The molecule has 14 heteroatoms. The van der Waals surface area contributed by atoms with Gasteiger partial charge in [0.1, 0.15) is 18.1 Å². The topological polar surface area (TPSA) is 231 Å². The quantitative estimate of drug-likeness (QED) is 0.122. The van der Waals surface area contributed by atoms with E-state index in [1.54, 1.807) is 30.5 Å². The number of nitrogens with one attached hydrogen (secondary N) is 3. The number of hydrogen-bond donors (Lipinski definition) is 7. The monoisotopic (exact) mass is 539 g/mol. The molecular formula is C23H33N5O8S. The number of nitrogens with two attached hydrogens (primary N) is 2. The van der Waals surface area contributed by atoms with E-state index in [0.29, 0.717) is 5.75 Å². The number of amides is 4. The molecule has 0 fully saturated rings. The van der Waals surface area contributed by atoms with Gasteiger partial charge in [0.2, 0.25) is 23.6 Å². The average molecular weight is 540 g/mol. The van der Waals surface area contributed by atoms with Crippen molar-refractivity contribution in [3.63, 3.8) is 0 Å². The molecule has 4 unspecified atom stereocenters. The van der Waals surface area contributed by atoms with Gasteiger partial charge in [0.05, 0.1) is 12.5 Å². The number of thioether (sulfide) groups is 1. The third kappa shape index (κ3) is 12.2. The van der Waals surface area contributed by atoms with Crippen LogP contribution in [0.5, 0.6) is 0 Å². The molecule has 4 atom stereocenters. The Balaban J connectivity index is 2.94. The summed E-state index contributed by atoms with van der Waals surface area (Å²) in [5.41, 5.74) is 12.0. The van der Waals surface area contributed by atoms with Crippen molar-refractivity contribution in [3.8, 4) is 0 Å². The molecule has 1 aromatic carbocycles. The first-order valence-corrected chi connectivity index (χ1v) is 12.8. The van der Waals surface area contributed by atoms with Gasteiger partial charge in [-0.25, -0.2) is 4.79 Å². The molecular weight excluding hydrogens is 506 g/mol. The Morgan fingerprint density at radius 2 is 1.43 bits per heavy atom. The van der Waals surface area contributed by atoms with Crippen LogP contribution in [0.3, 0.4) is 0 Å². The van der Waals surface area contributed by atoms with Crippen LogP contribution in [0.1, 0.15) is 31.2 Å². The molecule has 0 aromatic heterocycles. The summed E-state index contributed by atoms with van der Waals surface area (Å²) < 4.78 is 0. The lowest BCUT2D eigenvalue weighted by Gasteiger charge is -2.24. The highest BCUT2D eigenvalue weighted by Gasteiger charge is 2.31. The molecule has 0 radical (unpaired) electrons. The van der Waals surface area contributed by atoms with Crippen molar-refractivity contribution in [1.29, 1.82) is 0 Å². The molecule has 0 aliphatic rings. The molecule has 0 aliphatic heterocycles. The predicted molar refractivity (Wildman–Crippen MR) is 135 cm³/mol. The second-order valence-electron chi connectivity index (χ2n) is 8.20. The maximum atomic E-state index is 13.0. The smallest absolute Gasteiger partial charge is 0.326 e. The fourth-order valence-electron chi connectivity index (χ4n) is 3.22. The summed E-state index contributed by atoms with van der Waals surface area (Å²) in [6, 6.07) is 3.85. The lowest BCUT2D eigenvalue weighted by Crippen LogP contribution is -2.58. The Labute approximate surface area is 218 Å². The summed E-state index contributed by atoms with van der Waals surface area (Å²) in [6.45, 7) is 0. The summed E-state index contributed by atoms with van der Waals surface area (Å²) in [5.74, 6) is -5.67. The highest BCUT2D eigenvalue weighted by Crippen LogP contribution is 2.06. The van der Waals surface area contributed by atoms with Crippen LogP contribution in [0, 0.1) is 0 Å². The van der Waals surface area contributed by atoms with Crippen LogP contribution in [0.25, 0.3) is 0 Å². The molecule has 0 bridgehead atoms. The number of carbonyl (C=O) groups excluding carboxylic acids is 4. The molecule has 204 valence electrons. The van der Waals surface area contributed by atoms with Crippen LogP contribution in [-0.2, 0) is 35.2 Å². The van der Waals surface area contributed by atoms with Gasteiger partial charge in [0.25, 0.3) is 0 Å². The van der Waals surface area contributed by atoms with Gasteiger partial charge in [-0.05, 0) is 36.8 Å². The molecule has 1 rings (SSSR count). The predicted octanol–water partition coefficient (Wildman–Crippen LogP) is -1.41. The molecule has 0 heterocycles. The van der Waals surface area contributed by atoms with Crippen LogP contribution >= 0.6 is 11.8 Å². The lowest BCUT2D eigenvalue weighted by atomic mass is 10.0. The van der Waals surface area contributed by atoms with Crippen LogP contribution in [0.15, 0.2) is 30.3 Å². The first-order chi connectivity index (χ1) is 17.4. The number of carbonyl (C=O) groups is 6. The molecule has 0 saturated heterocycles. The molecule has 13 nitrogen and oxygen atoms in total. The van der Waals surface area contributed by atoms with E-state index in [1.807, 2.05) is 6.07 Å². The summed E-state index contributed by atoms with van der Waals surface area (Å²) >= 11 is 1.41. The minimum absolute atomic E-state index is 0.179. The van der Waals surface area contributed by atoms with Gasteiger partial charge in [-0.15, -0.1) is 0 Å². The van der Waals surface area contributed by atoms with Gasteiger partial charge in [0.15, 0.2) is 0 Å². The van der Waals surface area contributed by atoms with E-state index in [0.717, 1.165) is 5.56 Å². The van der Waals surface area contributed by atoms with Gasteiger partial charge in [0, 0.05) is 6.42 Å². The molecule has 1 aromatic rings. The highest BCUT2D eigenvalue weighted by atomic mass is 32.2. The third-order valence-corrected chi connectivity index (χ3v) is 5.82. The van der Waals surface area contributed by atoms with Crippen molar-refractivity contribution in [3.05, 3.63) is 35.9 Å². The number of primary amides is 1. The number of carboxylic acid groups (broad SMARTS) is 2. The zero-order valence-corrected chi connectivity index (χ0v) is 21.2. The van der Waals surface area contributed by atoms with Gasteiger partial charge in [-0.2, -0.15) is 11.8 Å². The van der Waals surface area contributed by atoms with Crippen molar-refractivity contribution >= 4 is 47.3 Å². The maximum Gasteiger partial charge on any atom is 0.326 e. The van der Waals surface area contributed by atoms with Crippen LogP contribution < -0.4 is 27.4 Å². The summed E-state index contributed by atoms with van der Waals surface area (Å²) in [5, 5.41) is 25.1. The van der Waals surface area contributed by atoms with Gasteiger partial charge in [-0.1, -0.05) is 30.3 Å². The van der Waals surface area contributed by atoms with Crippen LogP contribution in [0.4, 0.5) is 0 Å². The Morgan fingerprint density at radius 1 is 0.865 bits per heavy atom. The normalized spacial score (nSPS) is 13.9. The Kier molecular flexibility index (Phi) is 13.7. The molecule has 37 heavy (non-hydrogen) atoms. The minimum atomic E-state index is -1.57. The van der Waals surface area contributed by atoms with Gasteiger partial charge >= 0.3 is 11.9 Å². The number of aliphatic carboxylic acids is 2. The Morgan fingerprint density at radius 3 is 1.97 bits per heavy atom. The first kappa shape index (κ1) is 31.4. The summed E-state index contributed by atoms with van der Waals surface area (Å²) in [4.78, 5) is 72.1. The van der Waals surface area contributed by atoms with Crippen molar-refractivity contribution in [2.24, 2.45) is 11.5 Å². The highest BCUT2D eigenvalue weighted by molar-refractivity contribution is 7.98. The van der Waals surface area contributed by atoms with Gasteiger partial charge < -0.3 is 37.6 Å². The SMILES string of the molecule is CSCCC(NC(=O)C(N)Cc1ccccc1)C(=O)NC(CC(N)=O)C(=O)NC(CCC(=O)O)C(=O)O. The fourth-order valence-corrected chi connectivity index (χ4v) is 3.70. The Hall–Kier alpha value is -3.65. The average Bonchev–Trinajstić information content (AvgIpc) is 2.83. The molecule has 0 saturated carbocycles. The van der Waals surface area contributed by atoms with Crippen LogP contribution in [-0.4, -0.2) is 82.0 Å². The summed E-state index contributed by atoms with van der Waals surface area (Å²) in [6.07, 6.45) is 0.598. The zero-order chi connectivity index (χ0) is 28.0. The molecule has 4 amide bonds. The number of benzene rings is 1.